The van der Waals surface area contributed by atoms with Crippen LogP contribution in [0.15, 0.2) is 91.1 Å². The summed E-state index contributed by atoms with van der Waals surface area (Å²) in [6.45, 7) is 1.82. The van der Waals surface area contributed by atoms with Crippen LogP contribution < -0.4 is 26.0 Å². The molecule has 4 aromatic rings. The maximum absolute atomic E-state index is 14.6. The van der Waals surface area contributed by atoms with Crippen molar-refractivity contribution in [2.75, 3.05) is 13.6 Å². The van der Waals surface area contributed by atoms with E-state index in [9.17, 15) is 29.1 Å². The Labute approximate surface area is 312 Å². The van der Waals surface area contributed by atoms with Crippen LogP contribution in [-0.2, 0) is 49.8 Å². The molecule has 0 unspecified atom stereocenters. The van der Waals surface area contributed by atoms with Gasteiger partial charge in [0.05, 0.1) is 18.3 Å². The number of rotatable bonds is 9. The number of fused-ring (bicyclic) bond motifs is 9. The minimum absolute atomic E-state index is 0.0189. The third-order valence-electron chi connectivity index (χ3n) is 9.80. The standard InChI is InChI=1S/C39H44N8O7/c1-24(40-2)35(48)42-32(18-26-11-7-4-8-12-26)38(51)46-22-29-20-34(46)37(50)41-31(17-25-9-5-3-6-10-25)36(49)43-33(39(52)53)19-27-13-15-30(16-14-27)54-23-28-21-47(29)45-44-28/h3-16,21,24,29,31-34,40H,17-20,22-23H2,1-2H3,(H,41,50)(H,42,48)(H,43,49)(H,52,53)/t24-,29-,31-,32-,33-,34-/m0/s1. The van der Waals surface area contributed by atoms with Gasteiger partial charge in [-0.3, -0.25) is 19.2 Å². The second kappa shape index (κ2) is 17.2. The molecule has 4 amide bonds. The molecule has 0 spiro atoms. The number of carbonyl (C=O) groups excluding carboxylic acids is 4. The SMILES string of the molecule is CN[C@@H](C)C(=O)N[C@@H](Cc1ccccc1)C(=O)N1C[C@@H]2C[C@H]1C(=O)N[C@@H](Cc1ccccc1)C(=O)N[C@H](C(=O)O)Cc1ccc(cc1)OCc1cn2nn1. The number of carboxylic acids is 1. The number of carboxylic acid groups (broad SMARTS) is 1. The lowest BCUT2D eigenvalue weighted by Gasteiger charge is -2.30. The van der Waals surface area contributed by atoms with Gasteiger partial charge in [-0.25, -0.2) is 9.48 Å². The molecule has 0 aliphatic carbocycles. The lowest BCUT2D eigenvalue weighted by molar-refractivity contribution is -0.143. The molecule has 0 radical (unpaired) electrons. The molecule has 3 aliphatic rings. The molecule has 6 atom stereocenters. The molecule has 5 N–H and O–H groups in total. The number of likely N-dealkylation sites (tertiary alicyclic amines) is 1. The highest BCUT2D eigenvalue weighted by Crippen LogP contribution is 2.29. The van der Waals surface area contributed by atoms with Crippen LogP contribution in [0.25, 0.3) is 0 Å². The minimum Gasteiger partial charge on any atom is -0.487 e. The van der Waals surface area contributed by atoms with Crippen LogP contribution in [0.4, 0.5) is 0 Å². The quantitative estimate of drug-likeness (QED) is 0.167. The maximum atomic E-state index is 14.6. The zero-order chi connectivity index (χ0) is 38.2. The van der Waals surface area contributed by atoms with Crippen molar-refractivity contribution in [2.24, 2.45) is 0 Å². The number of amides is 4. The van der Waals surface area contributed by atoms with E-state index >= 15 is 0 Å². The Kier molecular flexibility index (Phi) is 12.0. The monoisotopic (exact) mass is 736 g/mol. The van der Waals surface area contributed by atoms with Crippen LogP contribution in [-0.4, -0.2) is 98.4 Å². The van der Waals surface area contributed by atoms with Crippen molar-refractivity contribution in [3.8, 4) is 5.75 Å². The Bertz CT molecular complexity index is 1940. The molecular formula is C39H44N8O7. The average molecular weight is 737 g/mol. The van der Waals surface area contributed by atoms with Gasteiger partial charge in [0.25, 0.3) is 0 Å². The van der Waals surface area contributed by atoms with E-state index in [4.69, 9.17) is 4.74 Å². The van der Waals surface area contributed by atoms with E-state index in [-0.39, 0.29) is 44.7 Å². The number of nitrogens with one attached hydrogen (secondary N) is 4. The summed E-state index contributed by atoms with van der Waals surface area (Å²) in [6.07, 6.45) is 2.03. The number of aromatic nitrogens is 3. The Balaban J connectivity index is 1.36. The largest absolute Gasteiger partial charge is 0.487 e. The van der Waals surface area contributed by atoms with Crippen molar-refractivity contribution in [2.45, 2.75) is 75.5 Å². The van der Waals surface area contributed by atoms with E-state index in [1.165, 1.54) is 4.90 Å². The minimum atomic E-state index is -1.30. The molecular weight excluding hydrogens is 692 g/mol. The summed E-state index contributed by atoms with van der Waals surface area (Å²) in [5.74, 6) is -2.89. The molecule has 15 heteroatoms. The van der Waals surface area contributed by atoms with Crippen LogP contribution in [0, 0.1) is 0 Å². The number of nitrogens with zero attached hydrogens (tertiary/aromatic N) is 4. The second-order valence-corrected chi connectivity index (χ2v) is 13.6. The van der Waals surface area contributed by atoms with E-state index in [1.807, 2.05) is 36.4 Å². The number of carbonyl (C=O) groups is 5. The van der Waals surface area contributed by atoms with Crippen molar-refractivity contribution < 1.29 is 33.8 Å². The van der Waals surface area contributed by atoms with E-state index in [0.717, 1.165) is 11.1 Å². The molecule has 3 aliphatic heterocycles. The Morgan fingerprint density at radius 3 is 2.30 bits per heavy atom. The molecule has 282 valence electrons. The average Bonchev–Trinajstić information content (AvgIpc) is 3.85. The maximum Gasteiger partial charge on any atom is 0.326 e. The summed E-state index contributed by atoms with van der Waals surface area (Å²) in [5, 5.41) is 29.9. The third kappa shape index (κ3) is 9.28. The number of benzene rings is 3. The van der Waals surface area contributed by atoms with Crippen molar-refractivity contribution in [3.05, 3.63) is 114 Å². The first-order valence-corrected chi connectivity index (χ1v) is 17.9. The molecule has 7 rings (SSSR count). The predicted molar refractivity (Wildman–Crippen MR) is 196 cm³/mol. The van der Waals surface area contributed by atoms with Gasteiger partial charge in [-0.1, -0.05) is 78.0 Å². The first-order valence-electron chi connectivity index (χ1n) is 17.9. The Morgan fingerprint density at radius 2 is 1.63 bits per heavy atom. The molecule has 1 fully saturated rings. The van der Waals surface area contributed by atoms with Crippen molar-refractivity contribution >= 4 is 29.6 Å². The first kappa shape index (κ1) is 37.7. The normalized spacial score (nSPS) is 21.3. The van der Waals surface area contributed by atoms with Gasteiger partial charge in [0.2, 0.25) is 23.6 Å². The van der Waals surface area contributed by atoms with Crippen molar-refractivity contribution in [1.29, 1.82) is 0 Å². The van der Waals surface area contributed by atoms with E-state index in [2.05, 4.69) is 31.6 Å². The van der Waals surface area contributed by atoms with Crippen LogP contribution in [0.3, 0.4) is 0 Å². The molecule has 6 bridgehead atoms. The zero-order valence-corrected chi connectivity index (χ0v) is 30.1. The van der Waals surface area contributed by atoms with Gasteiger partial charge in [-0.15, -0.1) is 5.10 Å². The zero-order valence-electron chi connectivity index (χ0n) is 30.1. The summed E-state index contributed by atoms with van der Waals surface area (Å²) in [5.41, 5.74) is 2.70. The van der Waals surface area contributed by atoms with Gasteiger partial charge >= 0.3 is 5.97 Å². The molecule has 1 aromatic heterocycles. The van der Waals surface area contributed by atoms with E-state index in [1.54, 1.807) is 73.4 Å². The predicted octanol–water partition coefficient (Wildman–Crippen LogP) is 1.19. The number of aliphatic carboxylic acids is 1. The van der Waals surface area contributed by atoms with Crippen LogP contribution in [0.5, 0.6) is 5.75 Å². The fraction of sp³-hybridized carbons (Fsp3) is 0.359. The first-order chi connectivity index (χ1) is 26.1. The highest BCUT2D eigenvalue weighted by Gasteiger charge is 2.44. The van der Waals surface area contributed by atoms with Gasteiger partial charge in [0.15, 0.2) is 0 Å². The third-order valence-corrected chi connectivity index (χ3v) is 9.80. The molecule has 3 aromatic carbocycles. The number of ether oxygens (including phenoxy) is 1. The van der Waals surface area contributed by atoms with Crippen LogP contribution in [0.2, 0.25) is 0 Å². The fourth-order valence-corrected chi connectivity index (χ4v) is 6.65. The molecule has 1 saturated heterocycles. The van der Waals surface area contributed by atoms with Gasteiger partial charge in [0, 0.05) is 32.2 Å². The topological polar surface area (TPSA) is 197 Å². The number of likely N-dealkylation sites (N-methyl/N-ethyl adjacent to an activating group) is 1. The Morgan fingerprint density at radius 1 is 0.944 bits per heavy atom. The highest BCUT2D eigenvalue weighted by atomic mass is 16.5. The molecule has 15 nitrogen and oxygen atoms in total. The smallest absolute Gasteiger partial charge is 0.326 e. The summed E-state index contributed by atoms with van der Waals surface area (Å²) >= 11 is 0. The van der Waals surface area contributed by atoms with Crippen LogP contribution in [0.1, 0.15) is 41.8 Å². The molecule has 54 heavy (non-hydrogen) atoms. The number of hydrogen-bond acceptors (Lipinski definition) is 9. The highest BCUT2D eigenvalue weighted by molar-refractivity contribution is 5.96. The van der Waals surface area contributed by atoms with Crippen molar-refractivity contribution in [3.63, 3.8) is 0 Å². The van der Waals surface area contributed by atoms with E-state index < -0.39 is 59.9 Å². The van der Waals surface area contributed by atoms with Crippen LogP contribution >= 0.6 is 0 Å². The number of hydrogen-bond donors (Lipinski definition) is 5. The fourth-order valence-electron chi connectivity index (χ4n) is 6.65. The van der Waals surface area contributed by atoms with Gasteiger partial charge < -0.3 is 36.0 Å². The van der Waals surface area contributed by atoms with Gasteiger partial charge in [0.1, 0.15) is 42.2 Å². The lowest BCUT2D eigenvalue weighted by Crippen LogP contribution is -2.58. The summed E-state index contributed by atoms with van der Waals surface area (Å²) in [4.78, 5) is 69.9. The Hall–Kier alpha value is -6.09. The van der Waals surface area contributed by atoms with E-state index in [0.29, 0.717) is 17.0 Å². The van der Waals surface area contributed by atoms with Gasteiger partial charge in [-0.2, -0.15) is 0 Å². The molecule has 0 saturated carbocycles. The summed E-state index contributed by atoms with van der Waals surface area (Å²) in [7, 11) is 1.64. The summed E-state index contributed by atoms with van der Waals surface area (Å²) < 4.78 is 7.52. The lowest BCUT2D eigenvalue weighted by atomic mass is 10.0. The second-order valence-electron chi connectivity index (χ2n) is 13.6. The van der Waals surface area contributed by atoms with Crippen molar-refractivity contribution in [1.82, 2.24) is 41.2 Å². The summed E-state index contributed by atoms with van der Waals surface area (Å²) in [6, 6.07) is 19.5. The molecule has 4 heterocycles. The van der Waals surface area contributed by atoms with Gasteiger partial charge in [-0.05, 0) is 42.8 Å².